The molecule has 2 rings (SSSR count). The van der Waals surface area contributed by atoms with Crippen LogP contribution < -0.4 is 5.32 Å². The lowest BCUT2D eigenvalue weighted by atomic mass is 9.93. The van der Waals surface area contributed by atoms with Gasteiger partial charge in [0.1, 0.15) is 0 Å². The fourth-order valence-corrected chi connectivity index (χ4v) is 3.10. The van der Waals surface area contributed by atoms with Crippen molar-refractivity contribution in [2.45, 2.75) is 45.3 Å². The van der Waals surface area contributed by atoms with Crippen LogP contribution in [0.5, 0.6) is 0 Å². The summed E-state index contributed by atoms with van der Waals surface area (Å²) in [5.41, 5.74) is 1.63. The fraction of sp³-hybridized carbons (Fsp3) is 0.533. The van der Waals surface area contributed by atoms with Crippen molar-refractivity contribution in [3.05, 3.63) is 33.8 Å². The number of hydrogen-bond donors (Lipinski definition) is 1. The third-order valence-electron chi connectivity index (χ3n) is 3.34. The van der Waals surface area contributed by atoms with E-state index < -0.39 is 0 Å². The molecule has 1 aromatic carbocycles. The van der Waals surface area contributed by atoms with Crippen LogP contribution in [0.3, 0.4) is 0 Å². The highest BCUT2D eigenvalue weighted by atomic mass is 79.9. The highest BCUT2D eigenvalue weighted by Gasteiger charge is 2.29. The third kappa shape index (κ3) is 4.05. The summed E-state index contributed by atoms with van der Waals surface area (Å²) < 4.78 is 6.60. The largest absolute Gasteiger partial charge is 0.375 e. The monoisotopic (exact) mass is 325 g/mol. The lowest BCUT2D eigenvalue weighted by molar-refractivity contribution is -0.0615. The van der Waals surface area contributed by atoms with Crippen LogP contribution in [0.25, 0.3) is 0 Å². The van der Waals surface area contributed by atoms with Crippen molar-refractivity contribution in [1.29, 1.82) is 0 Å². The number of amides is 1. The van der Waals surface area contributed by atoms with E-state index in [4.69, 9.17) is 4.74 Å². The second-order valence-electron chi connectivity index (χ2n) is 5.79. The molecule has 1 N–H and O–H groups in total. The molecule has 0 aromatic heterocycles. The number of nitrogens with one attached hydrogen (secondary N) is 1. The molecular weight excluding hydrogens is 306 g/mol. The second kappa shape index (κ2) is 5.63. The van der Waals surface area contributed by atoms with E-state index in [0.717, 1.165) is 22.9 Å². The van der Waals surface area contributed by atoms with Gasteiger partial charge in [0, 0.05) is 22.7 Å². The van der Waals surface area contributed by atoms with Gasteiger partial charge < -0.3 is 10.1 Å². The second-order valence-corrected chi connectivity index (χ2v) is 6.70. The Hall–Kier alpha value is -0.870. The number of ether oxygens (including phenoxy) is 1. The van der Waals surface area contributed by atoms with Crippen LogP contribution in [0.4, 0.5) is 0 Å². The molecule has 0 spiro atoms. The van der Waals surface area contributed by atoms with E-state index in [1.54, 1.807) is 0 Å². The van der Waals surface area contributed by atoms with Crippen molar-refractivity contribution < 1.29 is 9.53 Å². The summed E-state index contributed by atoms with van der Waals surface area (Å²) in [4.78, 5) is 12.3. The summed E-state index contributed by atoms with van der Waals surface area (Å²) in [5, 5.41) is 3.11. The lowest BCUT2D eigenvalue weighted by Gasteiger charge is -2.35. The number of carbonyl (C=O) groups is 1. The maximum absolute atomic E-state index is 12.3. The van der Waals surface area contributed by atoms with Gasteiger partial charge in [0.25, 0.3) is 5.91 Å². The van der Waals surface area contributed by atoms with Crippen molar-refractivity contribution in [1.82, 2.24) is 5.32 Å². The van der Waals surface area contributed by atoms with Crippen LogP contribution in [0.1, 0.15) is 42.6 Å². The van der Waals surface area contributed by atoms with E-state index in [2.05, 4.69) is 35.1 Å². The Morgan fingerprint density at radius 2 is 2.16 bits per heavy atom. The Kier molecular flexibility index (Phi) is 4.31. The van der Waals surface area contributed by atoms with Crippen LogP contribution in [-0.4, -0.2) is 24.2 Å². The SMILES string of the molecule is Cc1cc(Br)cc(C(=O)NC2CCOC(C)(C)C2)c1. The molecule has 1 heterocycles. The molecular formula is C15H20BrNO2. The Morgan fingerprint density at radius 3 is 2.79 bits per heavy atom. The van der Waals surface area contributed by atoms with Gasteiger partial charge in [-0.2, -0.15) is 0 Å². The summed E-state index contributed by atoms with van der Waals surface area (Å²) in [5.74, 6) is -0.00731. The first kappa shape index (κ1) is 14.5. The Morgan fingerprint density at radius 1 is 1.42 bits per heavy atom. The van der Waals surface area contributed by atoms with Gasteiger partial charge in [0.15, 0.2) is 0 Å². The number of halogens is 1. The van der Waals surface area contributed by atoms with E-state index in [1.807, 2.05) is 25.1 Å². The highest BCUT2D eigenvalue weighted by molar-refractivity contribution is 9.10. The number of rotatable bonds is 2. The molecule has 3 nitrogen and oxygen atoms in total. The van der Waals surface area contributed by atoms with Gasteiger partial charge >= 0.3 is 0 Å². The van der Waals surface area contributed by atoms with Crippen molar-refractivity contribution in [3.8, 4) is 0 Å². The fourth-order valence-electron chi connectivity index (χ4n) is 2.49. The molecule has 1 unspecified atom stereocenters. The first-order valence-electron chi connectivity index (χ1n) is 6.58. The van der Waals surface area contributed by atoms with E-state index >= 15 is 0 Å². The molecule has 0 radical (unpaired) electrons. The van der Waals surface area contributed by atoms with E-state index in [0.29, 0.717) is 12.2 Å². The molecule has 1 aromatic rings. The van der Waals surface area contributed by atoms with Crippen LogP contribution in [-0.2, 0) is 4.74 Å². The van der Waals surface area contributed by atoms with Gasteiger partial charge in [-0.25, -0.2) is 0 Å². The Balaban J connectivity index is 2.04. The molecule has 1 fully saturated rings. The quantitative estimate of drug-likeness (QED) is 0.904. The summed E-state index contributed by atoms with van der Waals surface area (Å²) in [6.45, 7) is 6.82. The summed E-state index contributed by atoms with van der Waals surface area (Å²) in [7, 11) is 0. The normalized spacial score (nSPS) is 22.0. The number of carbonyl (C=O) groups excluding carboxylic acids is 1. The number of benzene rings is 1. The predicted molar refractivity (Wildman–Crippen MR) is 79.4 cm³/mol. The van der Waals surface area contributed by atoms with Crippen molar-refractivity contribution in [3.63, 3.8) is 0 Å². The molecule has 1 atom stereocenters. The number of aryl methyl sites for hydroxylation is 1. The maximum Gasteiger partial charge on any atom is 0.251 e. The Labute approximate surface area is 122 Å². The zero-order valence-electron chi connectivity index (χ0n) is 11.6. The molecule has 1 aliphatic rings. The van der Waals surface area contributed by atoms with Crippen molar-refractivity contribution in [2.75, 3.05) is 6.61 Å². The van der Waals surface area contributed by atoms with Crippen LogP contribution in [0, 0.1) is 6.92 Å². The van der Waals surface area contributed by atoms with E-state index in [9.17, 15) is 4.79 Å². The third-order valence-corrected chi connectivity index (χ3v) is 3.79. The first-order valence-corrected chi connectivity index (χ1v) is 7.37. The molecule has 4 heteroatoms. The predicted octanol–water partition coefficient (Wildman–Crippen LogP) is 3.44. The standard InChI is InChI=1S/C15H20BrNO2/c1-10-6-11(8-12(16)7-10)14(18)17-13-4-5-19-15(2,3)9-13/h6-8,13H,4-5,9H2,1-3H3,(H,17,18). The molecule has 0 saturated carbocycles. The zero-order valence-corrected chi connectivity index (χ0v) is 13.2. The lowest BCUT2D eigenvalue weighted by Crippen LogP contribution is -2.45. The minimum absolute atomic E-state index is 0.00731. The molecule has 19 heavy (non-hydrogen) atoms. The van der Waals surface area contributed by atoms with Gasteiger partial charge in [-0.3, -0.25) is 4.79 Å². The highest BCUT2D eigenvalue weighted by Crippen LogP contribution is 2.24. The van der Waals surface area contributed by atoms with E-state index in [-0.39, 0.29) is 17.6 Å². The number of hydrogen-bond acceptors (Lipinski definition) is 2. The van der Waals surface area contributed by atoms with Gasteiger partial charge in [-0.15, -0.1) is 0 Å². The van der Waals surface area contributed by atoms with Crippen LogP contribution in [0.2, 0.25) is 0 Å². The maximum atomic E-state index is 12.3. The van der Waals surface area contributed by atoms with Crippen molar-refractivity contribution >= 4 is 21.8 Å². The smallest absolute Gasteiger partial charge is 0.251 e. The molecule has 0 aliphatic carbocycles. The van der Waals surface area contributed by atoms with Gasteiger partial charge in [-0.05, 0) is 57.4 Å². The average Bonchev–Trinajstić information content (AvgIpc) is 2.26. The van der Waals surface area contributed by atoms with Gasteiger partial charge in [0.05, 0.1) is 5.60 Å². The summed E-state index contributed by atoms with van der Waals surface area (Å²) in [6, 6.07) is 5.95. The molecule has 1 aliphatic heterocycles. The average molecular weight is 326 g/mol. The molecule has 0 bridgehead atoms. The minimum atomic E-state index is -0.149. The molecule has 1 saturated heterocycles. The summed E-state index contributed by atoms with van der Waals surface area (Å²) >= 11 is 3.42. The Bertz CT molecular complexity index is 465. The molecule has 1 amide bonds. The first-order chi connectivity index (χ1) is 8.85. The van der Waals surface area contributed by atoms with E-state index in [1.165, 1.54) is 0 Å². The zero-order chi connectivity index (χ0) is 14.0. The molecule has 104 valence electrons. The van der Waals surface area contributed by atoms with Gasteiger partial charge in [0.2, 0.25) is 0 Å². The minimum Gasteiger partial charge on any atom is -0.375 e. The van der Waals surface area contributed by atoms with Gasteiger partial charge in [-0.1, -0.05) is 15.9 Å². The van der Waals surface area contributed by atoms with Crippen LogP contribution >= 0.6 is 15.9 Å². The van der Waals surface area contributed by atoms with Crippen LogP contribution in [0.15, 0.2) is 22.7 Å². The van der Waals surface area contributed by atoms with Crippen molar-refractivity contribution in [2.24, 2.45) is 0 Å². The summed E-state index contributed by atoms with van der Waals surface area (Å²) in [6.07, 6.45) is 1.73. The topological polar surface area (TPSA) is 38.3 Å².